The number of nitrogens with zero attached hydrogens (tertiary/aromatic N) is 7. The Kier molecular flexibility index (Phi) is 5.78. The van der Waals surface area contributed by atoms with Gasteiger partial charge >= 0.3 is 0 Å². The molecule has 2 bridgehead atoms. The van der Waals surface area contributed by atoms with Gasteiger partial charge in [0.25, 0.3) is 0 Å². The average Bonchev–Trinajstić information content (AvgIpc) is 3.62. The zero-order valence-electron chi connectivity index (χ0n) is 22.4. The molecule has 0 saturated heterocycles. The molecule has 3 aliphatic carbocycles. The van der Waals surface area contributed by atoms with Crippen molar-refractivity contribution in [2.75, 3.05) is 17.2 Å². The first kappa shape index (κ1) is 24.3. The highest BCUT2D eigenvalue weighted by atomic mass is 15.5. The lowest BCUT2D eigenvalue weighted by Crippen LogP contribution is -2.39. The first-order chi connectivity index (χ1) is 18.2. The Morgan fingerprint density at radius 3 is 2.76 bits per heavy atom. The molecule has 9 nitrogen and oxygen atoms in total. The Hall–Kier alpha value is -4.06. The van der Waals surface area contributed by atoms with Gasteiger partial charge in [-0.15, -0.1) is 5.10 Å². The van der Waals surface area contributed by atoms with Crippen LogP contribution in [0.4, 0.5) is 11.5 Å². The van der Waals surface area contributed by atoms with Crippen LogP contribution in [0.1, 0.15) is 75.0 Å². The van der Waals surface area contributed by atoms with Crippen molar-refractivity contribution in [3.8, 4) is 6.07 Å². The van der Waals surface area contributed by atoms with Gasteiger partial charge in [-0.05, 0) is 62.1 Å². The van der Waals surface area contributed by atoms with Crippen molar-refractivity contribution in [3.63, 3.8) is 0 Å². The topological polar surface area (TPSA) is 117 Å². The van der Waals surface area contributed by atoms with Gasteiger partial charge in [0.05, 0.1) is 28.9 Å². The summed E-state index contributed by atoms with van der Waals surface area (Å²) in [6.07, 6.45) is 10.2. The first-order valence-corrected chi connectivity index (χ1v) is 13.3. The molecule has 194 valence electrons. The standard InChI is InChI=1S/C29H33N9/c1-18-22(6-5-9-31-18)26(24-15-38(37-36-24)29-8-7-19(12-29)13-29)35-21-10-20(14-30)25-23(11-21)27(34-17-33-25)32-16-28(2,3)4/h5-6,9-11,15,17,19,26,35H,7-8,12-13,16H2,1-4H3,(H,32,33,34)/t19?,26-,29?/m1/s1. The van der Waals surface area contributed by atoms with E-state index < -0.39 is 0 Å². The van der Waals surface area contributed by atoms with E-state index in [0.29, 0.717) is 16.9 Å². The Labute approximate surface area is 222 Å². The van der Waals surface area contributed by atoms with Crippen molar-refractivity contribution in [3.05, 3.63) is 65.5 Å². The van der Waals surface area contributed by atoms with E-state index in [4.69, 9.17) is 0 Å². The highest BCUT2D eigenvalue weighted by Crippen LogP contribution is 2.56. The number of hydrogen-bond acceptors (Lipinski definition) is 8. The zero-order chi connectivity index (χ0) is 26.5. The number of fused-ring (bicyclic) bond motifs is 2. The fourth-order valence-corrected chi connectivity index (χ4v) is 5.94. The largest absolute Gasteiger partial charge is 0.373 e. The number of pyridine rings is 1. The summed E-state index contributed by atoms with van der Waals surface area (Å²) in [6.45, 7) is 9.24. The summed E-state index contributed by atoms with van der Waals surface area (Å²) in [5, 5.41) is 27.1. The molecule has 3 fully saturated rings. The lowest BCUT2D eigenvalue weighted by atomic mass is 9.77. The van der Waals surface area contributed by atoms with Crippen LogP contribution in [0.15, 0.2) is 43.0 Å². The summed E-state index contributed by atoms with van der Waals surface area (Å²) in [7, 11) is 0. The number of aromatic nitrogens is 6. The molecule has 7 rings (SSSR count). The quantitative estimate of drug-likeness (QED) is 0.344. The molecule has 0 amide bonds. The Bertz CT molecular complexity index is 1530. The van der Waals surface area contributed by atoms with Crippen LogP contribution in [0.2, 0.25) is 0 Å². The lowest BCUT2D eigenvalue weighted by Gasteiger charge is -2.38. The minimum Gasteiger partial charge on any atom is -0.373 e. The van der Waals surface area contributed by atoms with Crippen molar-refractivity contribution in [2.45, 2.75) is 65.0 Å². The number of benzene rings is 1. The normalized spacial score (nSPS) is 21.1. The monoisotopic (exact) mass is 507 g/mol. The smallest absolute Gasteiger partial charge is 0.137 e. The molecular weight excluding hydrogens is 474 g/mol. The molecule has 9 heteroatoms. The lowest BCUT2D eigenvalue weighted by molar-refractivity contribution is 0.132. The van der Waals surface area contributed by atoms with Crippen LogP contribution in [0.3, 0.4) is 0 Å². The van der Waals surface area contributed by atoms with E-state index in [0.717, 1.165) is 40.5 Å². The van der Waals surface area contributed by atoms with Crippen LogP contribution >= 0.6 is 0 Å². The fraction of sp³-hybridized carbons (Fsp3) is 0.448. The number of anilines is 2. The number of aryl methyl sites for hydroxylation is 1. The number of rotatable bonds is 7. The predicted molar refractivity (Wildman–Crippen MR) is 147 cm³/mol. The van der Waals surface area contributed by atoms with E-state index in [1.807, 2.05) is 25.1 Å². The summed E-state index contributed by atoms with van der Waals surface area (Å²) in [5.74, 6) is 1.55. The molecule has 3 aliphatic rings. The van der Waals surface area contributed by atoms with E-state index in [2.05, 4.69) is 79.7 Å². The van der Waals surface area contributed by atoms with E-state index in [1.54, 1.807) is 6.20 Å². The third-order valence-electron chi connectivity index (χ3n) is 7.96. The molecule has 2 N–H and O–H groups in total. The first-order valence-electron chi connectivity index (χ1n) is 13.3. The van der Waals surface area contributed by atoms with Crippen LogP contribution in [-0.4, -0.2) is 36.5 Å². The molecule has 0 unspecified atom stereocenters. The maximum absolute atomic E-state index is 9.99. The van der Waals surface area contributed by atoms with Crippen LogP contribution in [0.5, 0.6) is 0 Å². The van der Waals surface area contributed by atoms with E-state index in [9.17, 15) is 5.26 Å². The van der Waals surface area contributed by atoms with Gasteiger partial charge in [-0.2, -0.15) is 5.26 Å². The summed E-state index contributed by atoms with van der Waals surface area (Å²) in [4.78, 5) is 13.5. The van der Waals surface area contributed by atoms with Gasteiger partial charge in [0.1, 0.15) is 23.9 Å². The Morgan fingerprint density at radius 2 is 2.05 bits per heavy atom. The van der Waals surface area contributed by atoms with E-state index >= 15 is 0 Å². The van der Waals surface area contributed by atoms with Crippen molar-refractivity contribution >= 4 is 22.4 Å². The highest BCUT2D eigenvalue weighted by Gasteiger charge is 2.52. The number of hydrogen-bond donors (Lipinski definition) is 2. The van der Waals surface area contributed by atoms with Gasteiger partial charge in [-0.1, -0.05) is 32.1 Å². The van der Waals surface area contributed by atoms with Gasteiger partial charge in [0.2, 0.25) is 0 Å². The molecule has 0 spiro atoms. The summed E-state index contributed by atoms with van der Waals surface area (Å²) in [6, 6.07) is 9.90. The molecule has 4 aromatic rings. The molecular formula is C29H33N9. The molecule has 0 radical (unpaired) electrons. The summed E-state index contributed by atoms with van der Waals surface area (Å²) in [5.41, 5.74) is 4.87. The van der Waals surface area contributed by atoms with Crippen LogP contribution in [0.25, 0.3) is 10.9 Å². The highest BCUT2D eigenvalue weighted by molar-refractivity contribution is 5.95. The van der Waals surface area contributed by atoms with Gasteiger partial charge in [0.15, 0.2) is 0 Å². The summed E-state index contributed by atoms with van der Waals surface area (Å²) >= 11 is 0. The molecule has 3 aromatic heterocycles. The SMILES string of the molecule is Cc1ncccc1[C@@H](Nc1cc(C#N)c2ncnc(NCC(C)(C)C)c2c1)c1cn(C23CCC(C2)C3)nn1. The maximum atomic E-state index is 9.99. The van der Waals surface area contributed by atoms with Crippen molar-refractivity contribution < 1.29 is 0 Å². The number of nitrogens with one attached hydrogen (secondary N) is 2. The van der Waals surface area contributed by atoms with Gasteiger partial charge < -0.3 is 10.6 Å². The molecule has 3 heterocycles. The second-order valence-corrected chi connectivity index (χ2v) is 12.0. The predicted octanol–water partition coefficient (Wildman–Crippen LogP) is 5.36. The molecule has 38 heavy (non-hydrogen) atoms. The van der Waals surface area contributed by atoms with Crippen molar-refractivity contribution in [1.82, 2.24) is 29.9 Å². The maximum Gasteiger partial charge on any atom is 0.137 e. The Morgan fingerprint density at radius 1 is 1.21 bits per heavy atom. The van der Waals surface area contributed by atoms with Crippen LogP contribution < -0.4 is 10.6 Å². The minimum atomic E-state index is -0.286. The fourth-order valence-electron chi connectivity index (χ4n) is 5.94. The third kappa shape index (κ3) is 4.34. The Balaban J connectivity index is 1.40. The third-order valence-corrected chi connectivity index (χ3v) is 7.96. The van der Waals surface area contributed by atoms with Crippen molar-refractivity contribution in [1.29, 1.82) is 5.26 Å². The second-order valence-electron chi connectivity index (χ2n) is 12.0. The summed E-state index contributed by atoms with van der Waals surface area (Å²) < 4.78 is 2.09. The molecule has 1 atom stereocenters. The molecule has 3 saturated carbocycles. The van der Waals surface area contributed by atoms with E-state index in [1.165, 1.54) is 32.0 Å². The average molecular weight is 508 g/mol. The van der Waals surface area contributed by atoms with Crippen molar-refractivity contribution in [2.24, 2.45) is 11.3 Å². The molecule has 0 aliphatic heterocycles. The van der Waals surface area contributed by atoms with Gasteiger partial charge in [0, 0.05) is 35.1 Å². The zero-order valence-corrected chi connectivity index (χ0v) is 22.4. The molecule has 1 aromatic carbocycles. The van der Waals surface area contributed by atoms with Crippen LogP contribution in [0, 0.1) is 29.6 Å². The second kappa shape index (κ2) is 9.05. The van der Waals surface area contributed by atoms with Gasteiger partial charge in [-0.25, -0.2) is 14.6 Å². The van der Waals surface area contributed by atoms with Gasteiger partial charge in [-0.3, -0.25) is 4.98 Å². The minimum absolute atomic E-state index is 0.0687. The number of nitriles is 1. The van der Waals surface area contributed by atoms with Crippen LogP contribution in [-0.2, 0) is 5.54 Å². The van der Waals surface area contributed by atoms with E-state index in [-0.39, 0.29) is 17.0 Å².